The first-order valence-corrected chi connectivity index (χ1v) is 4.93. The van der Waals surface area contributed by atoms with Gasteiger partial charge in [-0.25, -0.2) is 4.79 Å². The van der Waals surface area contributed by atoms with Crippen molar-refractivity contribution < 1.29 is 9.90 Å². The molecular formula is C10H11N5O2. The Labute approximate surface area is 97.1 Å². The van der Waals surface area contributed by atoms with Crippen LogP contribution < -0.4 is 5.32 Å². The third-order valence-electron chi connectivity index (χ3n) is 2.17. The molecule has 0 atom stereocenters. The van der Waals surface area contributed by atoms with Gasteiger partial charge in [-0.15, -0.1) is 5.10 Å². The summed E-state index contributed by atoms with van der Waals surface area (Å²) in [6, 6.07) is 1.40. The van der Waals surface area contributed by atoms with Gasteiger partial charge in [0.1, 0.15) is 5.56 Å². The Bertz CT molecular complexity index is 537. The molecule has 0 amide bonds. The summed E-state index contributed by atoms with van der Waals surface area (Å²) in [6.07, 6.45) is 4.88. The first-order chi connectivity index (χ1) is 8.16. The molecule has 0 aromatic carbocycles. The predicted octanol–water partition coefficient (Wildman–Crippen LogP) is 0.520. The fourth-order valence-electron chi connectivity index (χ4n) is 1.38. The van der Waals surface area contributed by atoms with Crippen LogP contribution >= 0.6 is 0 Å². The van der Waals surface area contributed by atoms with E-state index in [1.807, 2.05) is 13.2 Å². The summed E-state index contributed by atoms with van der Waals surface area (Å²) >= 11 is 0. The van der Waals surface area contributed by atoms with Crippen molar-refractivity contribution in [3.05, 3.63) is 35.8 Å². The topological polar surface area (TPSA) is 92.9 Å². The zero-order valence-electron chi connectivity index (χ0n) is 9.16. The maximum absolute atomic E-state index is 10.9. The van der Waals surface area contributed by atoms with E-state index in [9.17, 15) is 4.79 Å². The molecule has 7 nitrogen and oxygen atoms in total. The Kier molecular flexibility index (Phi) is 2.99. The Morgan fingerprint density at radius 1 is 1.59 bits per heavy atom. The summed E-state index contributed by atoms with van der Waals surface area (Å²) in [6.45, 7) is 0.451. The number of anilines is 1. The van der Waals surface area contributed by atoms with Gasteiger partial charge in [-0.3, -0.25) is 4.68 Å². The van der Waals surface area contributed by atoms with Crippen molar-refractivity contribution in [1.29, 1.82) is 0 Å². The van der Waals surface area contributed by atoms with Crippen molar-refractivity contribution in [2.75, 3.05) is 5.32 Å². The molecule has 0 saturated heterocycles. The van der Waals surface area contributed by atoms with Gasteiger partial charge in [-0.05, 0) is 6.07 Å². The van der Waals surface area contributed by atoms with Gasteiger partial charge in [0.15, 0.2) is 5.82 Å². The number of carbonyl (C=O) groups is 1. The zero-order chi connectivity index (χ0) is 12.3. The number of aryl methyl sites for hydroxylation is 1. The molecule has 0 aliphatic carbocycles. The molecule has 0 saturated carbocycles. The second-order valence-electron chi connectivity index (χ2n) is 3.47. The number of aromatic carboxylic acids is 1. The van der Waals surface area contributed by atoms with Gasteiger partial charge in [0, 0.05) is 25.4 Å². The molecule has 0 unspecified atom stereocenters. The van der Waals surface area contributed by atoms with Crippen molar-refractivity contribution in [2.24, 2.45) is 7.05 Å². The second-order valence-corrected chi connectivity index (χ2v) is 3.47. The lowest BCUT2D eigenvalue weighted by atomic mass is 10.2. The number of nitrogens with one attached hydrogen (secondary N) is 1. The van der Waals surface area contributed by atoms with E-state index in [2.05, 4.69) is 20.6 Å². The highest BCUT2D eigenvalue weighted by Gasteiger charge is 2.10. The minimum atomic E-state index is -1.03. The van der Waals surface area contributed by atoms with Crippen LogP contribution in [-0.2, 0) is 13.6 Å². The van der Waals surface area contributed by atoms with E-state index >= 15 is 0 Å². The fraction of sp³-hybridized carbons (Fsp3) is 0.200. The summed E-state index contributed by atoms with van der Waals surface area (Å²) in [5.41, 5.74) is 1.04. The quantitative estimate of drug-likeness (QED) is 0.799. The molecule has 7 heteroatoms. The molecule has 2 heterocycles. The standard InChI is InChI=1S/C10H11N5O2/c1-15-6-7(5-13-15)4-11-9-8(10(16)17)2-3-12-14-9/h2-3,5-6H,4H2,1H3,(H,11,14)(H,16,17). The first-order valence-electron chi connectivity index (χ1n) is 4.93. The fourth-order valence-corrected chi connectivity index (χ4v) is 1.38. The van der Waals surface area contributed by atoms with Crippen LogP contribution in [0.5, 0.6) is 0 Å². The molecule has 0 bridgehead atoms. The Morgan fingerprint density at radius 3 is 3.06 bits per heavy atom. The van der Waals surface area contributed by atoms with E-state index in [0.29, 0.717) is 6.54 Å². The maximum Gasteiger partial charge on any atom is 0.339 e. The van der Waals surface area contributed by atoms with Crippen LogP contribution in [0.1, 0.15) is 15.9 Å². The summed E-state index contributed by atoms with van der Waals surface area (Å²) in [7, 11) is 1.81. The van der Waals surface area contributed by atoms with Gasteiger partial charge < -0.3 is 10.4 Å². The van der Waals surface area contributed by atoms with E-state index in [1.54, 1.807) is 10.9 Å². The van der Waals surface area contributed by atoms with Crippen molar-refractivity contribution in [1.82, 2.24) is 20.0 Å². The third kappa shape index (κ3) is 2.57. The number of carboxylic acid groups (broad SMARTS) is 1. The van der Waals surface area contributed by atoms with Crippen LogP contribution in [0.15, 0.2) is 24.7 Å². The number of rotatable bonds is 4. The van der Waals surface area contributed by atoms with Crippen LogP contribution in [-0.4, -0.2) is 31.1 Å². The van der Waals surface area contributed by atoms with Gasteiger partial charge in [0.05, 0.1) is 12.4 Å². The minimum absolute atomic E-state index is 0.101. The SMILES string of the molecule is Cn1cc(CNc2nnccc2C(=O)O)cn1. The summed E-state index contributed by atoms with van der Waals surface area (Å²) in [4.78, 5) is 10.9. The molecule has 2 aromatic rings. The monoisotopic (exact) mass is 233 g/mol. The first kappa shape index (κ1) is 11.1. The summed E-state index contributed by atoms with van der Waals surface area (Å²) < 4.78 is 1.67. The molecule has 0 aliphatic heterocycles. The lowest BCUT2D eigenvalue weighted by Crippen LogP contribution is -2.08. The van der Waals surface area contributed by atoms with Crippen LogP contribution in [0.2, 0.25) is 0 Å². The number of aromatic nitrogens is 4. The Hall–Kier alpha value is -2.44. The van der Waals surface area contributed by atoms with E-state index in [4.69, 9.17) is 5.11 Å². The smallest absolute Gasteiger partial charge is 0.339 e. The van der Waals surface area contributed by atoms with Crippen molar-refractivity contribution in [3.8, 4) is 0 Å². The zero-order valence-corrected chi connectivity index (χ0v) is 9.16. The number of hydrogen-bond acceptors (Lipinski definition) is 5. The van der Waals surface area contributed by atoms with Crippen LogP contribution in [0, 0.1) is 0 Å². The normalized spacial score (nSPS) is 10.2. The van der Waals surface area contributed by atoms with Gasteiger partial charge in [-0.1, -0.05) is 0 Å². The van der Waals surface area contributed by atoms with Gasteiger partial charge in [0.2, 0.25) is 0 Å². The Balaban J connectivity index is 2.11. The van der Waals surface area contributed by atoms with E-state index < -0.39 is 5.97 Å². The van der Waals surface area contributed by atoms with Gasteiger partial charge in [0.25, 0.3) is 0 Å². The highest BCUT2D eigenvalue weighted by atomic mass is 16.4. The average molecular weight is 233 g/mol. The third-order valence-corrected chi connectivity index (χ3v) is 2.17. The van der Waals surface area contributed by atoms with Crippen LogP contribution in [0.4, 0.5) is 5.82 Å². The number of nitrogens with zero attached hydrogens (tertiary/aromatic N) is 4. The van der Waals surface area contributed by atoms with Gasteiger partial charge in [-0.2, -0.15) is 10.2 Å². The molecule has 88 valence electrons. The molecule has 2 N–H and O–H groups in total. The van der Waals surface area contributed by atoms with E-state index in [0.717, 1.165) is 5.56 Å². The van der Waals surface area contributed by atoms with Gasteiger partial charge >= 0.3 is 5.97 Å². The van der Waals surface area contributed by atoms with Crippen molar-refractivity contribution >= 4 is 11.8 Å². The average Bonchev–Trinajstić information content (AvgIpc) is 2.73. The Morgan fingerprint density at radius 2 is 2.41 bits per heavy atom. The lowest BCUT2D eigenvalue weighted by Gasteiger charge is -2.05. The van der Waals surface area contributed by atoms with Crippen molar-refractivity contribution in [3.63, 3.8) is 0 Å². The number of carboxylic acids is 1. The van der Waals surface area contributed by atoms with E-state index in [-0.39, 0.29) is 11.4 Å². The molecular weight excluding hydrogens is 222 g/mol. The molecule has 0 radical (unpaired) electrons. The second kappa shape index (κ2) is 4.60. The lowest BCUT2D eigenvalue weighted by molar-refractivity contribution is 0.0697. The van der Waals surface area contributed by atoms with E-state index in [1.165, 1.54) is 12.3 Å². The molecule has 0 aliphatic rings. The highest BCUT2D eigenvalue weighted by Crippen LogP contribution is 2.11. The largest absolute Gasteiger partial charge is 0.478 e. The van der Waals surface area contributed by atoms with Crippen molar-refractivity contribution in [2.45, 2.75) is 6.54 Å². The predicted molar refractivity (Wildman–Crippen MR) is 59.5 cm³/mol. The molecule has 2 rings (SSSR count). The van der Waals surface area contributed by atoms with Crippen LogP contribution in [0.25, 0.3) is 0 Å². The number of hydrogen-bond donors (Lipinski definition) is 2. The maximum atomic E-state index is 10.9. The minimum Gasteiger partial charge on any atom is -0.478 e. The molecule has 0 fully saturated rings. The highest BCUT2D eigenvalue weighted by molar-refractivity contribution is 5.92. The summed E-state index contributed by atoms with van der Waals surface area (Å²) in [5, 5.41) is 23.3. The molecule has 2 aromatic heterocycles. The summed E-state index contributed by atoms with van der Waals surface area (Å²) in [5.74, 6) is -0.780. The molecule has 17 heavy (non-hydrogen) atoms. The molecule has 0 spiro atoms. The van der Waals surface area contributed by atoms with Crippen LogP contribution in [0.3, 0.4) is 0 Å².